The number of carbonyl (C=O) groups is 1. The lowest BCUT2D eigenvalue weighted by Gasteiger charge is -2.17. The molecule has 6 nitrogen and oxygen atoms in total. The SMILES string of the molecule is COc1ccc(CN(C)CC(=O)NCCc2ccc(OC(F)F)cc2)cc1OC. The largest absolute Gasteiger partial charge is 0.493 e. The quantitative estimate of drug-likeness (QED) is 0.619. The first-order valence-electron chi connectivity index (χ1n) is 9.11. The molecule has 2 aromatic carbocycles. The molecular weight excluding hydrogens is 382 g/mol. The number of likely N-dealkylation sites (N-methyl/N-ethyl adjacent to an activating group) is 1. The monoisotopic (exact) mass is 408 g/mol. The van der Waals surface area contributed by atoms with Crippen LogP contribution in [-0.2, 0) is 17.8 Å². The maximum atomic E-state index is 12.1. The molecule has 158 valence electrons. The molecule has 2 aromatic rings. The van der Waals surface area contributed by atoms with E-state index in [1.165, 1.54) is 12.1 Å². The Labute approximate surface area is 169 Å². The summed E-state index contributed by atoms with van der Waals surface area (Å²) in [7, 11) is 5.02. The number of hydrogen-bond acceptors (Lipinski definition) is 5. The number of hydrogen-bond donors (Lipinski definition) is 1. The Bertz CT molecular complexity index is 785. The Balaban J connectivity index is 1.74. The van der Waals surface area contributed by atoms with E-state index in [-0.39, 0.29) is 18.2 Å². The van der Waals surface area contributed by atoms with E-state index >= 15 is 0 Å². The van der Waals surface area contributed by atoms with Crippen LogP contribution in [0.3, 0.4) is 0 Å². The van der Waals surface area contributed by atoms with E-state index in [1.54, 1.807) is 26.4 Å². The zero-order valence-electron chi connectivity index (χ0n) is 16.8. The molecule has 0 saturated heterocycles. The number of alkyl halides is 2. The summed E-state index contributed by atoms with van der Waals surface area (Å²) in [6.07, 6.45) is 0.597. The number of amides is 1. The Kier molecular flexibility index (Phi) is 8.67. The molecule has 29 heavy (non-hydrogen) atoms. The van der Waals surface area contributed by atoms with Gasteiger partial charge < -0.3 is 19.5 Å². The van der Waals surface area contributed by atoms with Gasteiger partial charge in [0.25, 0.3) is 0 Å². The van der Waals surface area contributed by atoms with E-state index in [0.717, 1.165) is 11.1 Å². The van der Waals surface area contributed by atoms with Crippen molar-refractivity contribution in [2.24, 2.45) is 0 Å². The van der Waals surface area contributed by atoms with Crippen molar-refractivity contribution in [1.29, 1.82) is 0 Å². The number of halogens is 2. The van der Waals surface area contributed by atoms with Gasteiger partial charge in [0.1, 0.15) is 5.75 Å². The highest BCUT2D eigenvalue weighted by molar-refractivity contribution is 5.77. The summed E-state index contributed by atoms with van der Waals surface area (Å²) >= 11 is 0. The number of ether oxygens (including phenoxy) is 3. The molecule has 0 saturated carbocycles. The first-order chi connectivity index (χ1) is 13.9. The van der Waals surface area contributed by atoms with E-state index < -0.39 is 6.61 Å². The molecule has 0 unspecified atom stereocenters. The number of benzene rings is 2. The van der Waals surface area contributed by atoms with Gasteiger partial charge in [0, 0.05) is 13.1 Å². The van der Waals surface area contributed by atoms with Gasteiger partial charge in [-0.25, -0.2) is 0 Å². The van der Waals surface area contributed by atoms with Crippen molar-refractivity contribution in [3.8, 4) is 17.2 Å². The van der Waals surface area contributed by atoms with Crippen LogP contribution in [0.1, 0.15) is 11.1 Å². The Morgan fingerprint density at radius 2 is 1.69 bits per heavy atom. The maximum absolute atomic E-state index is 12.1. The van der Waals surface area contributed by atoms with Crippen LogP contribution in [-0.4, -0.2) is 51.8 Å². The average molecular weight is 408 g/mol. The van der Waals surface area contributed by atoms with Gasteiger partial charge in [-0.1, -0.05) is 18.2 Å². The van der Waals surface area contributed by atoms with Crippen molar-refractivity contribution in [3.63, 3.8) is 0 Å². The van der Waals surface area contributed by atoms with Crippen LogP contribution in [0.15, 0.2) is 42.5 Å². The number of nitrogens with one attached hydrogen (secondary N) is 1. The molecule has 0 bridgehead atoms. The molecule has 0 aliphatic carbocycles. The second-order valence-electron chi connectivity index (χ2n) is 6.48. The van der Waals surface area contributed by atoms with Crippen LogP contribution in [0.2, 0.25) is 0 Å². The molecule has 0 spiro atoms. The standard InChI is InChI=1S/C21H26F2N2O4/c1-25(13-16-6-9-18(27-2)19(12-16)28-3)14-20(26)24-11-10-15-4-7-17(8-5-15)29-21(22)23/h4-9,12,21H,10-11,13-14H2,1-3H3,(H,24,26). The van der Waals surface area contributed by atoms with Gasteiger partial charge in [-0.15, -0.1) is 0 Å². The first kappa shape index (κ1) is 22.4. The predicted molar refractivity (Wildman–Crippen MR) is 106 cm³/mol. The normalized spacial score (nSPS) is 10.9. The smallest absolute Gasteiger partial charge is 0.387 e. The van der Waals surface area contributed by atoms with E-state index in [0.29, 0.717) is 31.0 Å². The Hall–Kier alpha value is -2.87. The summed E-state index contributed by atoms with van der Waals surface area (Å²) in [6, 6.07) is 12.0. The summed E-state index contributed by atoms with van der Waals surface area (Å²) < 4.78 is 39.1. The molecule has 0 aromatic heterocycles. The van der Waals surface area contributed by atoms with Crippen LogP contribution < -0.4 is 19.5 Å². The fourth-order valence-corrected chi connectivity index (χ4v) is 2.83. The van der Waals surface area contributed by atoms with Crippen LogP contribution in [0.4, 0.5) is 8.78 Å². The lowest BCUT2D eigenvalue weighted by atomic mass is 10.1. The zero-order valence-corrected chi connectivity index (χ0v) is 16.8. The minimum Gasteiger partial charge on any atom is -0.493 e. The zero-order chi connectivity index (χ0) is 21.2. The Morgan fingerprint density at radius 3 is 2.31 bits per heavy atom. The Morgan fingerprint density at radius 1 is 1.03 bits per heavy atom. The van der Waals surface area contributed by atoms with Crippen molar-refractivity contribution in [1.82, 2.24) is 10.2 Å². The van der Waals surface area contributed by atoms with Crippen molar-refractivity contribution < 1.29 is 27.8 Å². The van der Waals surface area contributed by atoms with E-state index in [1.807, 2.05) is 30.1 Å². The topological polar surface area (TPSA) is 60.0 Å². The van der Waals surface area contributed by atoms with Crippen molar-refractivity contribution in [3.05, 3.63) is 53.6 Å². The molecule has 0 aliphatic heterocycles. The van der Waals surface area contributed by atoms with Crippen LogP contribution in [0.5, 0.6) is 17.2 Å². The molecule has 0 radical (unpaired) electrons. The lowest BCUT2D eigenvalue weighted by molar-refractivity contribution is -0.122. The maximum Gasteiger partial charge on any atom is 0.387 e. The molecule has 0 aliphatic rings. The average Bonchev–Trinajstić information content (AvgIpc) is 2.68. The molecule has 0 atom stereocenters. The van der Waals surface area contributed by atoms with Crippen LogP contribution in [0, 0.1) is 0 Å². The van der Waals surface area contributed by atoms with Crippen molar-refractivity contribution in [2.45, 2.75) is 19.6 Å². The summed E-state index contributed by atoms with van der Waals surface area (Å²) in [5, 5.41) is 2.86. The van der Waals surface area contributed by atoms with Gasteiger partial charge in [-0.3, -0.25) is 9.69 Å². The summed E-state index contributed by atoms with van der Waals surface area (Å²) in [6.45, 7) is -1.55. The van der Waals surface area contributed by atoms with Crippen LogP contribution in [0.25, 0.3) is 0 Å². The minimum atomic E-state index is -2.84. The third-order valence-electron chi connectivity index (χ3n) is 4.20. The molecule has 2 rings (SSSR count). The predicted octanol–water partition coefficient (Wildman–Crippen LogP) is 3.10. The number of rotatable bonds is 11. The second kappa shape index (κ2) is 11.2. The van der Waals surface area contributed by atoms with Gasteiger partial charge in [-0.2, -0.15) is 8.78 Å². The van der Waals surface area contributed by atoms with Gasteiger partial charge in [0.15, 0.2) is 11.5 Å². The molecule has 0 heterocycles. The van der Waals surface area contributed by atoms with Crippen LogP contribution >= 0.6 is 0 Å². The third-order valence-corrected chi connectivity index (χ3v) is 4.20. The molecule has 1 N–H and O–H groups in total. The van der Waals surface area contributed by atoms with Gasteiger partial charge in [0.2, 0.25) is 5.91 Å². The molecular formula is C21H26F2N2O4. The highest BCUT2D eigenvalue weighted by Crippen LogP contribution is 2.27. The van der Waals surface area contributed by atoms with Crippen molar-refractivity contribution >= 4 is 5.91 Å². The fourth-order valence-electron chi connectivity index (χ4n) is 2.83. The molecule has 1 amide bonds. The van der Waals surface area contributed by atoms with E-state index in [4.69, 9.17) is 9.47 Å². The van der Waals surface area contributed by atoms with Gasteiger partial charge >= 0.3 is 6.61 Å². The molecule has 0 fully saturated rings. The highest BCUT2D eigenvalue weighted by Gasteiger charge is 2.10. The third kappa shape index (κ3) is 7.57. The van der Waals surface area contributed by atoms with Gasteiger partial charge in [-0.05, 0) is 48.9 Å². The van der Waals surface area contributed by atoms with E-state index in [2.05, 4.69) is 10.1 Å². The van der Waals surface area contributed by atoms with Crippen molar-refractivity contribution in [2.75, 3.05) is 34.4 Å². The molecule has 8 heteroatoms. The minimum absolute atomic E-state index is 0.0920. The van der Waals surface area contributed by atoms with E-state index in [9.17, 15) is 13.6 Å². The summed E-state index contributed by atoms with van der Waals surface area (Å²) in [5.74, 6) is 1.33. The number of carbonyl (C=O) groups excluding carboxylic acids is 1. The summed E-state index contributed by atoms with van der Waals surface area (Å²) in [5.41, 5.74) is 1.93. The highest BCUT2D eigenvalue weighted by atomic mass is 19.3. The number of nitrogens with zero attached hydrogens (tertiary/aromatic N) is 1. The first-order valence-corrected chi connectivity index (χ1v) is 9.11. The fraction of sp³-hybridized carbons (Fsp3) is 0.381. The van der Waals surface area contributed by atoms with Gasteiger partial charge in [0.05, 0.1) is 20.8 Å². The number of methoxy groups -OCH3 is 2. The summed E-state index contributed by atoms with van der Waals surface area (Å²) in [4.78, 5) is 14.0. The second-order valence-corrected chi connectivity index (χ2v) is 6.48. The lowest BCUT2D eigenvalue weighted by Crippen LogP contribution is -2.35.